The van der Waals surface area contributed by atoms with E-state index in [0.717, 1.165) is 19.0 Å². The van der Waals surface area contributed by atoms with Crippen LogP contribution in [-0.2, 0) is 0 Å². The Morgan fingerprint density at radius 2 is 1.93 bits per heavy atom. The Bertz CT molecular complexity index is 160. The second kappa shape index (κ2) is 5.13. The number of hydrogen-bond donors (Lipinski definition) is 1. The van der Waals surface area contributed by atoms with Crippen LogP contribution in [0, 0.1) is 11.3 Å². The van der Waals surface area contributed by atoms with Crippen molar-refractivity contribution in [3.8, 4) is 0 Å². The van der Waals surface area contributed by atoms with Crippen LogP contribution in [0.4, 0.5) is 0 Å². The van der Waals surface area contributed by atoms with E-state index in [2.05, 4.69) is 38.2 Å². The Balaban J connectivity index is 2.08. The normalized spacial score (nSPS) is 18.6. The predicted octanol–water partition coefficient (Wildman–Crippen LogP) is 1.96. The number of nitrogens with zero attached hydrogens (tertiary/aromatic N) is 1. The molecule has 0 aromatic carbocycles. The van der Waals surface area contributed by atoms with E-state index in [-0.39, 0.29) is 0 Å². The summed E-state index contributed by atoms with van der Waals surface area (Å²) in [5.41, 5.74) is 0.396. The van der Waals surface area contributed by atoms with Gasteiger partial charge in [0.2, 0.25) is 0 Å². The Labute approximate surface area is 89.1 Å². The topological polar surface area (TPSA) is 15.3 Å². The van der Waals surface area contributed by atoms with Gasteiger partial charge in [-0.25, -0.2) is 0 Å². The standard InChI is InChI=1S/C12H26N2/c1-12(2,10-14(3)4)9-13-8-11-6-5-7-11/h11,13H,5-10H2,1-4H3. The maximum Gasteiger partial charge on any atom is 0.00387 e. The minimum absolute atomic E-state index is 0.396. The number of nitrogens with one attached hydrogen (secondary N) is 1. The highest BCUT2D eigenvalue weighted by atomic mass is 15.1. The van der Waals surface area contributed by atoms with Crippen LogP contribution < -0.4 is 5.32 Å². The number of rotatable bonds is 6. The summed E-state index contributed by atoms with van der Waals surface area (Å²) in [6.07, 6.45) is 4.34. The Kier molecular flexibility index (Phi) is 4.39. The Hall–Kier alpha value is -0.0800. The molecule has 1 rings (SSSR count). The zero-order valence-corrected chi connectivity index (χ0v) is 10.3. The third kappa shape index (κ3) is 4.43. The van der Waals surface area contributed by atoms with Gasteiger partial charge < -0.3 is 10.2 Å². The molecule has 0 radical (unpaired) electrons. The molecular formula is C12H26N2. The van der Waals surface area contributed by atoms with E-state index in [1.54, 1.807) is 0 Å². The molecule has 0 spiro atoms. The smallest absolute Gasteiger partial charge is 0.00387 e. The van der Waals surface area contributed by atoms with Gasteiger partial charge >= 0.3 is 0 Å². The van der Waals surface area contributed by atoms with Crippen LogP contribution in [0.25, 0.3) is 0 Å². The van der Waals surface area contributed by atoms with Crippen molar-refractivity contribution in [1.29, 1.82) is 0 Å². The molecule has 84 valence electrons. The summed E-state index contributed by atoms with van der Waals surface area (Å²) in [6, 6.07) is 0. The molecule has 0 saturated heterocycles. The first-order valence-electron chi connectivity index (χ1n) is 5.85. The highest BCUT2D eigenvalue weighted by Gasteiger charge is 2.21. The summed E-state index contributed by atoms with van der Waals surface area (Å²) < 4.78 is 0. The quantitative estimate of drug-likeness (QED) is 0.702. The zero-order valence-electron chi connectivity index (χ0n) is 10.3. The van der Waals surface area contributed by atoms with E-state index in [9.17, 15) is 0 Å². The maximum absolute atomic E-state index is 3.61. The highest BCUT2D eigenvalue weighted by molar-refractivity contribution is 4.77. The maximum atomic E-state index is 3.61. The first kappa shape index (κ1) is 12.0. The molecule has 2 nitrogen and oxygen atoms in total. The molecule has 0 amide bonds. The molecule has 0 unspecified atom stereocenters. The van der Waals surface area contributed by atoms with E-state index < -0.39 is 0 Å². The molecule has 0 aliphatic heterocycles. The molecule has 14 heavy (non-hydrogen) atoms. The molecule has 0 aromatic rings. The molecule has 0 heterocycles. The average Bonchev–Trinajstić information content (AvgIpc) is 1.91. The molecule has 1 aliphatic carbocycles. The van der Waals surface area contributed by atoms with Crippen molar-refractivity contribution in [2.75, 3.05) is 33.7 Å². The van der Waals surface area contributed by atoms with Crippen molar-refractivity contribution >= 4 is 0 Å². The van der Waals surface area contributed by atoms with Gasteiger partial charge in [-0.3, -0.25) is 0 Å². The fraction of sp³-hybridized carbons (Fsp3) is 1.00. The monoisotopic (exact) mass is 198 g/mol. The summed E-state index contributed by atoms with van der Waals surface area (Å²) in [6.45, 7) is 8.20. The highest BCUT2D eigenvalue weighted by Crippen LogP contribution is 2.25. The fourth-order valence-corrected chi connectivity index (χ4v) is 2.22. The summed E-state index contributed by atoms with van der Waals surface area (Å²) >= 11 is 0. The van der Waals surface area contributed by atoms with Crippen LogP contribution in [0.5, 0.6) is 0 Å². The van der Waals surface area contributed by atoms with Gasteiger partial charge in [-0.1, -0.05) is 20.3 Å². The van der Waals surface area contributed by atoms with Crippen LogP contribution in [0.3, 0.4) is 0 Å². The molecule has 0 aromatic heterocycles. The van der Waals surface area contributed by atoms with Crippen molar-refractivity contribution in [1.82, 2.24) is 10.2 Å². The second-order valence-electron chi connectivity index (χ2n) is 5.83. The number of hydrogen-bond acceptors (Lipinski definition) is 2. The summed E-state index contributed by atoms with van der Waals surface area (Å²) in [5.74, 6) is 0.977. The average molecular weight is 198 g/mol. The lowest BCUT2D eigenvalue weighted by Crippen LogP contribution is -2.40. The van der Waals surface area contributed by atoms with Crippen molar-refractivity contribution in [2.24, 2.45) is 11.3 Å². The molecule has 0 bridgehead atoms. The lowest BCUT2D eigenvalue weighted by Gasteiger charge is -2.31. The Morgan fingerprint density at radius 1 is 1.29 bits per heavy atom. The lowest BCUT2D eigenvalue weighted by atomic mass is 9.85. The fourth-order valence-electron chi connectivity index (χ4n) is 2.22. The van der Waals surface area contributed by atoms with Gasteiger partial charge in [-0.2, -0.15) is 0 Å². The lowest BCUT2D eigenvalue weighted by molar-refractivity contribution is 0.218. The van der Waals surface area contributed by atoms with Crippen LogP contribution in [0.1, 0.15) is 33.1 Å². The van der Waals surface area contributed by atoms with E-state index in [1.165, 1.54) is 25.8 Å². The van der Waals surface area contributed by atoms with E-state index in [1.807, 2.05) is 0 Å². The van der Waals surface area contributed by atoms with Crippen molar-refractivity contribution in [2.45, 2.75) is 33.1 Å². The van der Waals surface area contributed by atoms with Gasteiger partial charge in [0, 0.05) is 13.1 Å². The van der Waals surface area contributed by atoms with Crippen molar-refractivity contribution in [3.05, 3.63) is 0 Å². The minimum Gasteiger partial charge on any atom is -0.316 e. The first-order chi connectivity index (χ1) is 6.49. The SMILES string of the molecule is CN(C)CC(C)(C)CNCC1CCC1. The van der Waals surface area contributed by atoms with Crippen molar-refractivity contribution in [3.63, 3.8) is 0 Å². The summed E-state index contributed by atoms with van der Waals surface area (Å²) in [7, 11) is 4.29. The van der Waals surface area contributed by atoms with Crippen LogP contribution in [0.2, 0.25) is 0 Å². The molecule has 2 heteroatoms. The third-order valence-corrected chi connectivity index (χ3v) is 3.01. The van der Waals surface area contributed by atoms with Crippen molar-refractivity contribution < 1.29 is 0 Å². The van der Waals surface area contributed by atoms with Crippen LogP contribution in [0.15, 0.2) is 0 Å². The summed E-state index contributed by atoms with van der Waals surface area (Å²) in [4.78, 5) is 2.27. The largest absolute Gasteiger partial charge is 0.316 e. The second-order valence-corrected chi connectivity index (χ2v) is 5.83. The van der Waals surface area contributed by atoms with Gasteiger partial charge in [-0.05, 0) is 44.8 Å². The van der Waals surface area contributed by atoms with E-state index in [4.69, 9.17) is 0 Å². The van der Waals surface area contributed by atoms with Gasteiger partial charge in [0.1, 0.15) is 0 Å². The predicted molar refractivity (Wildman–Crippen MR) is 62.5 cm³/mol. The van der Waals surface area contributed by atoms with Gasteiger partial charge in [0.05, 0.1) is 0 Å². The van der Waals surface area contributed by atoms with Gasteiger partial charge in [0.25, 0.3) is 0 Å². The molecule has 1 saturated carbocycles. The van der Waals surface area contributed by atoms with E-state index >= 15 is 0 Å². The first-order valence-corrected chi connectivity index (χ1v) is 5.85. The molecule has 1 aliphatic rings. The van der Waals surface area contributed by atoms with E-state index in [0.29, 0.717) is 5.41 Å². The summed E-state index contributed by atoms with van der Waals surface area (Å²) in [5, 5.41) is 3.61. The van der Waals surface area contributed by atoms with Gasteiger partial charge in [0.15, 0.2) is 0 Å². The molecular weight excluding hydrogens is 172 g/mol. The van der Waals surface area contributed by atoms with Gasteiger partial charge in [-0.15, -0.1) is 0 Å². The molecule has 1 N–H and O–H groups in total. The third-order valence-electron chi connectivity index (χ3n) is 3.01. The minimum atomic E-state index is 0.396. The molecule has 0 atom stereocenters. The zero-order chi connectivity index (χ0) is 10.6. The Morgan fingerprint density at radius 3 is 2.36 bits per heavy atom. The van der Waals surface area contributed by atoms with Crippen LogP contribution in [-0.4, -0.2) is 38.6 Å². The molecule has 1 fully saturated rings. The van der Waals surface area contributed by atoms with Crippen LogP contribution >= 0.6 is 0 Å².